The van der Waals surface area contributed by atoms with E-state index >= 15 is 0 Å². The first-order chi connectivity index (χ1) is 10.8. The van der Waals surface area contributed by atoms with Gasteiger partial charge in [0.25, 0.3) is 0 Å². The van der Waals surface area contributed by atoms with Crippen LogP contribution >= 0.6 is 0 Å². The standard InChI is InChI=1S/C17H18BN3O2/c1-16(2)17(3,4)23-18(22-16)13-10-20-15(21-11-13)14-8-6-5-7-12(14)9-19/h5-8,10-11H,1-4H3. The summed E-state index contributed by atoms with van der Waals surface area (Å²) >= 11 is 0. The number of aromatic nitrogens is 2. The van der Waals surface area contributed by atoms with E-state index < -0.39 is 18.3 Å². The van der Waals surface area contributed by atoms with Crippen molar-refractivity contribution in [1.82, 2.24) is 9.97 Å². The van der Waals surface area contributed by atoms with Crippen LogP contribution in [0.25, 0.3) is 11.4 Å². The molecule has 1 fully saturated rings. The molecule has 5 nitrogen and oxygen atoms in total. The van der Waals surface area contributed by atoms with E-state index in [-0.39, 0.29) is 0 Å². The molecule has 1 aliphatic rings. The highest BCUT2D eigenvalue weighted by atomic mass is 16.7. The number of hydrogen-bond donors (Lipinski definition) is 0. The zero-order chi connectivity index (χ0) is 16.7. The molecule has 0 amide bonds. The van der Waals surface area contributed by atoms with Gasteiger partial charge in [0, 0.05) is 23.4 Å². The fourth-order valence-corrected chi connectivity index (χ4v) is 2.35. The third-order valence-electron chi connectivity index (χ3n) is 4.49. The number of nitriles is 1. The van der Waals surface area contributed by atoms with Gasteiger partial charge in [-0.05, 0) is 39.8 Å². The average Bonchev–Trinajstić information content (AvgIpc) is 2.75. The van der Waals surface area contributed by atoms with Crippen molar-refractivity contribution in [3.63, 3.8) is 0 Å². The molecule has 1 saturated heterocycles. The molecule has 0 unspecified atom stereocenters. The Labute approximate surface area is 136 Å². The highest BCUT2D eigenvalue weighted by Gasteiger charge is 2.51. The Hall–Kier alpha value is -2.23. The summed E-state index contributed by atoms with van der Waals surface area (Å²) in [4.78, 5) is 8.75. The Bertz CT molecular complexity index is 750. The molecule has 3 rings (SSSR count). The van der Waals surface area contributed by atoms with E-state index in [9.17, 15) is 5.26 Å². The molecule has 0 bridgehead atoms. The van der Waals surface area contributed by atoms with Crippen LogP contribution < -0.4 is 5.46 Å². The van der Waals surface area contributed by atoms with Crippen molar-refractivity contribution in [2.75, 3.05) is 0 Å². The molecular formula is C17H18BN3O2. The van der Waals surface area contributed by atoms with Gasteiger partial charge in [0.1, 0.15) is 0 Å². The van der Waals surface area contributed by atoms with E-state index in [1.807, 2.05) is 45.9 Å². The van der Waals surface area contributed by atoms with Crippen molar-refractivity contribution in [1.29, 1.82) is 5.26 Å². The van der Waals surface area contributed by atoms with Crippen LogP contribution in [0.3, 0.4) is 0 Å². The molecule has 0 spiro atoms. The molecule has 2 heterocycles. The van der Waals surface area contributed by atoms with Crippen LogP contribution in [0.5, 0.6) is 0 Å². The van der Waals surface area contributed by atoms with E-state index in [1.54, 1.807) is 18.5 Å². The minimum absolute atomic E-state index is 0.399. The summed E-state index contributed by atoms with van der Waals surface area (Å²) < 4.78 is 12.0. The molecule has 116 valence electrons. The van der Waals surface area contributed by atoms with Gasteiger partial charge < -0.3 is 9.31 Å². The van der Waals surface area contributed by atoms with E-state index in [2.05, 4.69) is 16.0 Å². The van der Waals surface area contributed by atoms with Crippen LogP contribution in [0, 0.1) is 11.3 Å². The molecule has 0 radical (unpaired) electrons. The predicted molar refractivity (Wildman–Crippen MR) is 87.9 cm³/mol. The monoisotopic (exact) mass is 307 g/mol. The lowest BCUT2D eigenvalue weighted by Crippen LogP contribution is -2.41. The first-order valence-corrected chi connectivity index (χ1v) is 7.51. The number of hydrogen-bond acceptors (Lipinski definition) is 5. The van der Waals surface area contributed by atoms with Crippen LogP contribution in [0.4, 0.5) is 0 Å². The quantitative estimate of drug-likeness (QED) is 0.796. The maximum atomic E-state index is 9.18. The zero-order valence-electron chi connectivity index (χ0n) is 13.7. The molecule has 0 saturated carbocycles. The Morgan fingerprint density at radius 2 is 1.57 bits per heavy atom. The van der Waals surface area contributed by atoms with E-state index in [1.165, 1.54) is 0 Å². The molecule has 0 atom stereocenters. The Morgan fingerprint density at radius 1 is 1.00 bits per heavy atom. The fourth-order valence-electron chi connectivity index (χ4n) is 2.35. The van der Waals surface area contributed by atoms with Crippen LogP contribution in [0.15, 0.2) is 36.7 Å². The van der Waals surface area contributed by atoms with Crippen molar-refractivity contribution >= 4 is 12.6 Å². The number of nitrogens with zero attached hydrogens (tertiary/aromatic N) is 3. The van der Waals surface area contributed by atoms with Crippen molar-refractivity contribution in [2.45, 2.75) is 38.9 Å². The van der Waals surface area contributed by atoms with E-state index in [0.29, 0.717) is 11.4 Å². The maximum absolute atomic E-state index is 9.18. The summed E-state index contributed by atoms with van der Waals surface area (Å²) in [5, 5.41) is 9.18. The van der Waals surface area contributed by atoms with Crippen molar-refractivity contribution < 1.29 is 9.31 Å². The topological polar surface area (TPSA) is 68.0 Å². The third kappa shape index (κ3) is 2.74. The average molecular weight is 307 g/mol. The molecule has 0 N–H and O–H groups in total. The van der Waals surface area contributed by atoms with Crippen LogP contribution in [0.1, 0.15) is 33.3 Å². The predicted octanol–water partition coefficient (Wildman–Crippen LogP) is 2.31. The maximum Gasteiger partial charge on any atom is 0.498 e. The Morgan fingerprint density at radius 3 is 2.13 bits per heavy atom. The summed E-state index contributed by atoms with van der Waals surface area (Å²) in [7, 11) is -0.486. The number of benzene rings is 1. The highest BCUT2D eigenvalue weighted by molar-refractivity contribution is 6.61. The normalized spacial score (nSPS) is 18.7. The van der Waals surface area contributed by atoms with Crippen molar-refractivity contribution in [2.24, 2.45) is 0 Å². The van der Waals surface area contributed by atoms with E-state index in [4.69, 9.17) is 9.31 Å². The third-order valence-corrected chi connectivity index (χ3v) is 4.49. The van der Waals surface area contributed by atoms with Crippen molar-refractivity contribution in [3.8, 4) is 17.5 Å². The zero-order valence-corrected chi connectivity index (χ0v) is 13.7. The van der Waals surface area contributed by atoms with Gasteiger partial charge in [-0.2, -0.15) is 5.26 Å². The number of rotatable bonds is 2. The second kappa shape index (κ2) is 5.45. The van der Waals surface area contributed by atoms with Gasteiger partial charge in [-0.1, -0.05) is 12.1 Å². The van der Waals surface area contributed by atoms with Gasteiger partial charge in [-0.25, -0.2) is 9.97 Å². The molecule has 6 heteroatoms. The lowest BCUT2D eigenvalue weighted by atomic mass is 9.81. The summed E-state index contributed by atoms with van der Waals surface area (Å²) in [6, 6.07) is 9.43. The Balaban J connectivity index is 1.88. The van der Waals surface area contributed by atoms with Crippen LogP contribution in [-0.2, 0) is 9.31 Å². The highest BCUT2D eigenvalue weighted by Crippen LogP contribution is 2.36. The van der Waals surface area contributed by atoms with Crippen LogP contribution in [0.2, 0.25) is 0 Å². The molecule has 2 aromatic rings. The largest absolute Gasteiger partial charge is 0.498 e. The minimum Gasteiger partial charge on any atom is -0.399 e. The van der Waals surface area contributed by atoms with Gasteiger partial charge in [-0.15, -0.1) is 0 Å². The SMILES string of the molecule is CC1(C)OB(c2cnc(-c3ccccc3C#N)nc2)OC1(C)C. The first kappa shape index (κ1) is 15.7. The second-order valence-electron chi connectivity index (χ2n) is 6.59. The Kier molecular flexibility index (Phi) is 3.71. The first-order valence-electron chi connectivity index (χ1n) is 7.51. The molecule has 23 heavy (non-hydrogen) atoms. The van der Waals surface area contributed by atoms with E-state index in [0.717, 1.165) is 11.0 Å². The van der Waals surface area contributed by atoms with Gasteiger partial charge in [-0.3, -0.25) is 0 Å². The molecular weight excluding hydrogens is 289 g/mol. The molecule has 1 aromatic heterocycles. The molecule has 0 aliphatic carbocycles. The summed E-state index contributed by atoms with van der Waals surface area (Å²) in [5.41, 5.74) is 1.24. The smallest absolute Gasteiger partial charge is 0.399 e. The van der Waals surface area contributed by atoms with Gasteiger partial charge in [0.2, 0.25) is 0 Å². The second-order valence-corrected chi connectivity index (χ2v) is 6.59. The summed E-state index contributed by atoms with van der Waals surface area (Å²) in [6.45, 7) is 8.02. The summed E-state index contributed by atoms with van der Waals surface area (Å²) in [5.74, 6) is 0.516. The molecule has 1 aromatic carbocycles. The van der Waals surface area contributed by atoms with Gasteiger partial charge in [0.05, 0.1) is 22.8 Å². The minimum atomic E-state index is -0.486. The van der Waals surface area contributed by atoms with Crippen LogP contribution in [-0.4, -0.2) is 28.3 Å². The lowest BCUT2D eigenvalue weighted by Gasteiger charge is -2.32. The summed E-state index contributed by atoms with van der Waals surface area (Å²) in [6.07, 6.45) is 3.39. The van der Waals surface area contributed by atoms with Gasteiger partial charge >= 0.3 is 7.12 Å². The molecule has 1 aliphatic heterocycles. The fraction of sp³-hybridized carbons (Fsp3) is 0.353. The van der Waals surface area contributed by atoms with Crippen molar-refractivity contribution in [3.05, 3.63) is 42.2 Å². The lowest BCUT2D eigenvalue weighted by molar-refractivity contribution is 0.00578. The van der Waals surface area contributed by atoms with Gasteiger partial charge in [0.15, 0.2) is 5.82 Å².